The second-order valence-corrected chi connectivity index (χ2v) is 6.11. The molecule has 0 aromatic heterocycles. The Bertz CT molecular complexity index is 902. The predicted molar refractivity (Wildman–Crippen MR) is 96.0 cm³/mol. The number of rotatable bonds is 4. The summed E-state index contributed by atoms with van der Waals surface area (Å²) >= 11 is 0. The number of nitrogens with one attached hydrogen (secondary N) is 3. The van der Waals surface area contributed by atoms with Crippen molar-refractivity contribution >= 4 is 17.6 Å². The molecule has 0 saturated heterocycles. The van der Waals surface area contributed by atoms with Gasteiger partial charge >= 0.3 is 6.03 Å². The zero-order chi connectivity index (χ0) is 19.6. The number of carbonyl (C=O) groups excluding carboxylic acids is 2. The van der Waals surface area contributed by atoms with Gasteiger partial charge in [-0.2, -0.15) is 0 Å². The molecule has 3 amide bonds. The lowest BCUT2D eigenvalue weighted by atomic mass is 10.0. The lowest BCUT2D eigenvalue weighted by Gasteiger charge is -2.16. The summed E-state index contributed by atoms with van der Waals surface area (Å²) in [6.07, 6.45) is 0.950. The molecule has 0 aliphatic heterocycles. The van der Waals surface area contributed by atoms with Gasteiger partial charge in [0.15, 0.2) is 11.6 Å². The summed E-state index contributed by atoms with van der Waals surface area (Å²) in [4.78, 5) is 24.3. The number of hydrogen-bond donors (Lipinski definition) is 3. The van der Waals surface area contributed by atoms with E-state index < -0.39 is 29.6 Å². The molecule has 1 aliphatic rings. The fraction of sp³-hybridized carbons (Fsp3) is 0.263. The second-order valence-electron chi connectivity index (χ2n) is 6.11. The number of anilines is 1. The van der Waals surface area contributed by atoms with E-state index in [0.717, 1.165) is 0 Å². The van der Waals surface area contributed by atoms with E-state index in [1.54, 1.807) is 0 Å². The van der Waals surface area contributed by atoms with Crippen LogP contribution in [-0.2, 0) is 6.42 Å². The molecule has 0 saturated carbocycles. The van der Waals surface area contributed by atoms with Gasteiger partial charge in [-0.15, -0.1) is 0 Å². The van der Waals surface area contributed by atoms with E-state index in [0.29, 0.717) is 35.2 Å². The van der Waals surface area contributed by atoms with Gasteiger partial charge in [0, 0.05) is 29.9 Å². The third kappa shape index (κ3) is 3.69. The van der Waals surface area contributed by atoms with Gasteiger partial charge in [-0.1, -0.05) is 0 Å². The highest BCUT2D eigenvalue weighted by Crippen LogP contribution is 2.36. The van der Waals surface area contributed by atoms with Crippen molar-refractivity contribution in [1.82, 2.24) is 10.6 Å². The van der Waals surface area contributed by atoms with Crippen molar-refractivity contribution in [2.45, 2.75) is 18.9 Å². The molecule has 0 radical (unpaired) electrons. The van der Waals surface area contributed by atoms with E-state index in [2.05, 4.69) is 16.0 Å². The van der Waals surface area contributed by atoms with Crippen molar-refractivity contribution in [2.75, 3.05) is 19.5 Å². The summed E-state index contributed by atoms with van der Waals surface area (Å²) in [5.41, 5.74) is 1.55. The summed E-state index contributed by atoms with van der Waals surface area (Å²) in [5.74, 6) is -1.45. The van der Waals surface area contributed by atoms with Gasteiger partial charge in [0.25, 0.3) is 5.91 Å². The summed E-state index contributed by atoms with van der Waals surface area (Å²) in [5, 5.41) is 7.78. The molecule has 2 aromatic carbocycles. The third-order valence-corrected chi connectivity index (χ3v) is 4.52. The summed E-state index contributed by atoms with van der Waals surface area (Å²) in [6.45, 7) is 0. The molecule has 142 valence electrons. The molecule has 0 spiro atoms. The average molecular weight is 375 g/mol. The number of fused-ring (bicyclic) bond motifs is 1. The van der Waals surface area contributed by atoms with Crippen molar-refractivity contribution in [3.8, 4) is 5.75 Å². The van der Waals surface area contributed by atoms with Gasteiger partial charge in [-0.05, 0) is 42.7 Å². The van der Waals surface area contributed by atoms with Crippen LogP contribution in [0.1, 0.15) is 33.9 Å². The zero-order valence-electron chi connectivity index (χ0n) is 14.9. The molecule has 0 heterocycles. The van der Waals surface area contributed by atoms with E-state index in [9.17, 15) is 18.4 Å². The highest BCUT2D eigenvalue weighted by atomic mass is 19.1. The largest absolute Gasteiger partial charge is 0.494 e. The van der Waals surface area contributed by atoms with Crippen molar-refractivity contribution in [2.24, 2.45) is 0 Å². The Hall–Kier alpha value is -3.16. The maximum Gasteiger partial charge on any atom is 0.315 e. The van der Waals surface area contributed by atoms with Crippen LogP contribution in [0.5, 0.6) is 5.75 Å². The van der Waals surface area contributed by atoms with Crippen LogP contribution in [0.15, 0.2) is 30.3 Å². The van der Waals surface area contributed by atoms with Gasteiger partial charge in [-0.3, -0.25) is 4.79 Å². The first kappa shape index (κ1) is 18.6. The molecule has 3 N–H and O–H groups in total. The van der Waals surface area contributed by atoms with E-state index in [1.165, 1.54) is 44.5 Å². The molecule has 2 aromatic rings. The molecular weight excluding hydrogens is 356 g/mol. The Kier molecular flexibility index (Phi) is 5.25. The predicted octanol–water partition coefficient (Wildman–Crippen LogP) is 3.14. The van der Waals surface area contributed by atoms with E-state index in [4.69, 9.17) is 4.74 Å². The van der Waals surface area contributed by atoms with Crippen LogP contribution in [0.4, 0.5) is 19.3 Å². The fourth-order valence-corrected chi connectivity index (χ4v) is 3.24. The number of amides is 3. The smallest absolute Gasteiger partial charge is 0.315 e. The van der Waals surface area contributed by atoms with Crippen LogP contribution in [0.25, 0.3) is 0 Å². The first-order valence-corrected chi connectivity index (χ1v) is 8.39. The Balaban J connectivity index is 1.88. The maximum absolute atomic E-state index is 14.3. The van der Waals surface area contributed by atoms with Crippen LogP contribution in [0.2, 0.25) is 0 Å². The zero-order valence-corrected chi connectivity index (χ0v) is 14.9. The summed E-state index contributed by atoms with van der Waals surface area (Å²) in [6, 6.07) is 5.67. The van der Waals surface area contributed by atoms with Gasteiger partial charge in [0.1, 0.15) is 5.82 Å². The molecule has 0 fully saturated rings. The molecule has 0 unspecified atom stereocenters. The van der Waals surface area contributed by atoms with Crippen molar-refractivity contribution in [1.29, 1.82) is 0 Å². The topological polar surface area (TPSA) is 79.5 Å². The monoisotopic (exact) mass is 375 g/mol. The lowest BCUT2D eigenvalue weighted by Crippen LogP contribution is -2.35. The number of halogens is 2. The van der Waals surface area contributed by atoms with Gasteiger partial charge in [-0.25, -0.2) is 13.6 Å². The number of methoxy groups -OCH3 is 1. The van der Waals surface area contributed by atoms with E-state index in [1.807, 2.05) is 0 Å². The second kappa shape index (κ2) is 7.61. The molecule has 1 atom stereocenters. The lowest BCUT2D eigenvalue weighted by molar-refractivity contribution is 0.102. The highest BCUT2D eigenvalue weighted by Gasteiger charge is 2.30. The maximum atomic E-state index is 14.3. The first-order chi connectivity index (χ1) is 12.9. The van der Waals surface area contributed by atoms with Gasteiger partial charge in [0.05, 0.1) is 13.2 Å². The molecule has 3 rings (SSSR count). The Morgan fingerprint density at radius 3 is 2.59 bits per heavy atom. The quantitative estimate of drug-likeness (QED) is 0.768. The Labute approximate surface area is 154 Å². The minimum atomic E-state index is -0.540. The molecule has 0 bridgehead atoms. The molecule has 27 heavy (non-hydrogen) atoms. The molecule has 1 aliphatic carbocycles. The highest BCUT2D eigenvalue weighted by molar-refractivity contribution is 6.05. The molecule has 8 heteroatoms. The van der Waals surface area contributed by atoms with Crippen molar-refractivity contribution in [3.63, 3.8) is 0 Å². The van der Waals surface area contributed by atoms with E-state index in [-0.39, 0.29) is 5.75 Å². The van der Waals surface area contributed by atoms with Crippen LogP contribution >= 0.6 is 0 Å². The van der Waals surface area contributed by atoms with Gasteiger partial charge in [0.2, 0.25) is 0 Å². The Morgan fingerprint density at radius 2 is 1.89 bits per heavy atom. The number of ether oxygens (including phenoxy) is 1. The van der Waals surface area contributed by atoms with Gasteiger partial charge < -0.3 is 20.7 Å². The summed E-state index contributed by atoms with van der Waals surface area (Å²) < 4.78 is 32.8. The number of hydrogen-bond acceptors (Lipinski definition) is 3. The first-order valence-electron chi connectivity index (χ1n) is 8.39. The summed E-state index contributed by atoms with van der Waals surface area (Å²) in [7, 11) is 2.80. The SMILES string of the molecule is CNC(=O)N[C@H]1CCc2c(C(=O)Nc3ccc(F)c(OC)c3)ccc(F)c21. The van der Waals surface area contributed by atoms with Crippen LogP contribution < -0.4 is 20.7 Å². The van der Waals surface area contributed by atoms with Crippen LogP contribution in [0.3, 0.4) is 0 Å². The van der Waals surface area contributed by atoms with Crippen LogP contribution in [-0.4, -0.2) is 26.1 Å². The fourth-order valence-electron chi connectivity index (χ4n) is 3.24. The average Bonchev–Trinajstić information content (AvgIpc) is 3.07. The van der Waals surface area contributed by atoms with Crippen LogP contribution in [0, 0.1) is 11.6 Å². The normalized spacial score (nSPS) is 15.0. The Morgan fingerprint density at radius 1 is 1.15 bits per heavy atom. The number of benzene rings is 2. The number of urea groups is 1. The van der Waals surface area contributed by atoms with E-state index >= 15 is 0 Å². The van der Waals surface area contributed by atoms with Crippen molar-refractivity contribution in [3.05, 3.63) is 58.7 Å². The molecule has 6 nitrogen and oxygen atoms in total. The van der Waals surface area contributed by atoms with Crippen molar-refractivity contribution < 1.29 is 23.1 Å². The minimum absolute atomic E-state index is 0.00646. The number of carbonyl (C=O) groups is 2. The standard InChI is InChI=1S/C19H19F2N3O3/c1-22-19(26)24-15-8-5-11-12(4-7-14(21)17(11)15)18(25)23-10-3-6-13(20)16(9-10)27-2/h3-4,6-7,9,15H,5,8H2,1-2H3,(H,23,25)(H2,22,24,26)/t15-/m0/s1. The third-order valence-electron chi connectivity index (χ3n) is 4.52. The minimum Gasteiger partial charge on any atom is -0.494 e. The molecular formula is C19H19F2N3O3.